The Morgan fingerprint density at radius 3 is 2.41 bits per heavy atom. The fourth-order valence-electron chi connectivity index (χ4n) is 1.43. The van der Waals surface area contributed by atoms with Crippen LogP contribution in [0.25, 0.3) is 0 Å². The lowest BCUT2D eigenvalue weighted by atomic mass is 10.2. The molecular weight excluding hydrogens is 236 g/mol. The minimum atomic E-state index is 0.416. The van der Waals surface area contributed by atoms with Crippen molar-refractivity contribution in [1.82, 2.24) is 10.2 Å². The lowest BCUT2D eigenvalue weighted by Gasteiger charge is -2.10. The van der Waals surface area contributed by atoms with Gasteiger partial charge in [0.15, 0.2) is 5.15 Å². The molecule has 0 atom stereocenters. The second kappa shape index (κ2) is 4.72. The Balaban J connectivity index is 2.38. The van der Waals surface area contributed by atoms with E-state index in [1.54, 1.807) is 0 Å². The second-order valence-electron chi connectivity index (χ2n) is 3.91. The van der Waals surface area contributed by atoms with Gasteiger partial charge in [-0.25, -0.2) is 0 Å². The average molecular weight is 249 g/mol. The number of aryl methyl sites for hydroxylation is 1. The molecule has 2 rings (SSSR count). The fourth-order valence-corrected chi connectivity index (χ4v) is 1.61. The molecule has 4 heteroatoms. The van der Waals surface area contributed by atoms with E-state index in [2.05, 4.69) is 10.2 Å². The fraction of sp³-hybridized carbons (Fsp3) is 0.231. The second-order valence-corrected chi connectivity index (χ2v) is 4.27. The maximum absolute atomic E-state index is 5.89. The normalized spacial score (nSPS) is 10.4. The van der Waals surface area contributed by atoms with Crippen molar-refractivity contribution < 1.29 is 4.74 Å². The van der Waals surface area contributed by atoms with Gasteiger partial charge < -0.3 is 4.74 Å². The van der Waals surface area contributed by atoms with Crippen molar-refractivity contribution in [3.8, 4) is 11.6 Å². The Kier molecular flexibility index (Phi) is 3.29. The summed E-state index contributed by atoms with van der Waals surface area (Å²) in [6.07, 6.45) is 0. The van der Waals surface area contributed by atoms with E-state index in [0.29, 0.717) is 11.0 Å². The molecule has 0 amide bonds. The number of halogens is 1. The van der Waals surface area contributed by atoms with Gasteiger partial charge in [0.2, 0.25) is 5.88 Å². The molecule has 0 spiro atoms. The SMILES string of the molecule is Cc1ccccc1Oc1nnc(Cl)c(C)c1C. The quantitative estimate of drug-likeness (QED) is 0.810. The molecule has 0 aliphatic carbocycles. The van der Waals surface area contributed by atoms with E-state index < -0.39 is 0 Å². The summed E-state index contributed by atoms with van der Waals surface area (Å²) in [7, 11) is 0. The van der Waals surface area contributed by atoms with Gasteiger partial charge in [-0.15, -0.1) is 10.2 Å². The molecule has 0 saturated heterocycles. The van der Waals surface area contributed by atoms with Gasteiger partial charge in [0.25, 0.3) is 0 Å². The monoisotopic (exact) mass is 248 g/mol. The molecule has 0 aliphatic heterocycles. The molecule has 0 bridgehead atoms. The summed E-state index contributed by atoms with van der Waals surface area (Å²) in [6, 6.07) is 7.78. The van der Waals surface area contributed by atoms with Crippen molar-refractivity contribution in [2.75, 3.05) is 0 Å². The van der Waals surface area contributed by atoms with Crippen LogP contribution in [-0.4, -0.2) is 10.2 Å². The predicted octanol–water partition coefficient (Wildman–Crippen LogP) is 3.85. The molecule has 0 aliphatic rings. The number of ether oxygens (including phenoxy) is 1. The summed E-state index contributed by atoms with van der Waals surface area (Å²) in [6.45, 7) is 5.81. The van der Waals surface area contributed by atoms with Crippen LogP contribution < -0.4 is 4.74 Å². The number of para-hydroxylation sites is 1. The number of nitrogens with zero attached hydrogens (tertiary/aromatic N) is 2. The number of aromatic nitrogens is 2. The van der Waals surface area contributed by atoms with Gasteiger partial charge in [-0.1, -0.05) is 29.8 Å². The Hall–Kier alpha value is -1.61. The molecule has 0 N–H and O–H groups in total. The van der Waals surface area contributed by atoms with E-state index in [1.165, 1.54) is 0 Å². The predicted molar refractivity (Wildman–Crippen MR) is 67.8 cm³/mol. The summed E-state index contributed by atoms with van der Waals surface area (Å²) in [5.74, 6) is 1.29. The standard InChI is InChI=1S/C13H13ClN2O/c1-8-6-4-5-7-11(8)17-13-10(3)9(2)12(14)15-16-13/h4-7H,1-3H3. The smallest absolute Gasteiger partial charge is 0.242 e. The minimum Gasteiger partial charge on any atom is -0.437 e. The van der Waals surface area contributed by atoms with Crippen LogP contribution in [-0.2, 0) is 0 Å². The third kappa shape index (κ3) is 2.39. The molecule has 0 unspecified atom stereocenters. The van der Waals surface area contributed by atoms with E-state index in [-0.39, 0.29) is 0 Å². The van der Waals surface area contributed by atoms with Crippen molar-refractivity contribution in [3.63, 3.8) is 0 Å². The van der Waals surface area contributed by atoms with Crippen LogP contribution in [0.4, 0.5) is 0 Å². The maximum atomic E-state index is 5.89. The maximum Gasteiger partial charge on any atom is 0.242 e. The van der Waals surface area contributed by atoms with E-state index in [9.17, 15) is 0 Å². The molecule has 1 aromatic carbocycles. The Bertz CT molecular complexity index is 555. The summed E-state index contributed by atoms with van der Waals surface area (Å²) in [5, 5.41) is 8.24. The molecule has 0 fully saturated rings. The lowest BCUT2D eigenvalue weighted by Crippen LogP contribution is -1.98. The largest absolute Gasteiger partial charge is 0.437 e. The highest BCUT2D eigenvalue weighted by Gasteiger charge is 2.10. The first-order valence-corrected chi connectivity index (χ1v) is 5.70. The highest BCUT2D eigenvalue weighted by Crippen LogP contribution is 2.28. The summed E-state index contributed by atoms with van der Waals surface area (Å²) in [4.78, 5) is 0. The van der Waals surface area contributed by atoms with Gasteiger partial charge in [0.1, 0.15) is 5.75 Å². The molecule has 17 heavy (non-hydrogen) atoms. The van der Waals surface area contributed by atoms with Crippen molar-refractivity contribution >= 4 is 11.6 Å². The first kappa shape index (κ1) is 11.9. The molecule has 0 radical (unpaired) electrons. The minimum absolute atomic E-state index is 0.416. The zero-order valence-electron chi connectivity index (χ0n) is 9.99. The first-order valence-electron chi connectivity index (χ1n) is 5.32. The van der Waals surface area contributed by atoms with Gasteiger partial charge in [-0.05, 0) is 38.0 Å². The van der Waals surface area contributed by atoms with Crippen molar-refractivity contribution in [2.45, 2.75) is 20.8 Å². The van der Waals surface area contributed by atoms with Crippen molar-refractivity contribution in [3.05, 3.63) is 46.1 Å². The zero-order valence-corrected chi connectivity index (χ0v) is 10.7. The number of rotatable bonds is 2. The first-order chi connectivity index (χ1) is 8.09. The van der Waals surface area contributed by atoms with E-state index in [1.807, 2.05) is 45.0 Å². The van der Waals surface area contributed by atoms with Gasteiger partial charge in [-0.3, -0.25) is 0 Å². The van der Waals surface area contributed by atoms with E-state index in [0.717, 1.165) is 22.4 Å². The summed E-state index contributed by atoms with van der Waals surface area (Å²) < 4.78 is 5.74. The third-order valence-electron chi connectivity index (χ3n) is 2.72. The van der Waals surface area contributed by atoms with Crippen molar-refractivity contribution in [1.29, 1.82) is 0 Å². The number of hydrogen-bond acceptors (Lipinski definition) is 3. The van der Waals surface area contributed by atoms with Crippen LogP contribution in [0.5, 0.6) is 11.6 Å². The topological polar surface area (TPSA) is 35.0 Å². The molecular formula is C13H13ClN2O. The molecule has 88 valence electrons. The third-order valence-corrected chi connectivity index (χ3v) is 3.08. The van der Waals surface area contributed by atoms with Gasteiger partial charge in [-0.2, -0.15) is 0 Å². The Labute approximate surface area is 105 Å². The molecule has 1 aromatic heterocycles. The average Bonchev–Trinajstić information content (AvgIpc) is 2.32. The highest BCUT2D eigenvalue weighted by molar-refractivity contribution is 6.30. The van der Waals surface area contributed by atoms with Gasteiger partial charge in [0, 0.05) is 5.56 Å². The van der Waals surface area contributed by atoms with Crippen LogP contribution in [0.15, 0.2) is 24.3 Å². The zero-order chi connectivity index (χ0) is 12.4. The van der Waals surface area contributed by atoms with E-state index in [4.69, 9.17) is 16.3 Å². The molecule has 3 nitrogen and oxygen atoms in total. The number of benzene rings is 1. The molecule has 0 saturated carbocycles. The van der Waals surface area contributed by atoms with E-state index >= 15 is 0 Å². The summed E-state index contributed by atoms with van der Waals surface area (Å²) >= 11 is 5.89. The van der Waals surface area contributed by atoms with Crippen LogP contribution in [0.1, 0.15) is 16.7 Å². The molecule has 1 heterocycles. The summed E-state index contributed by atoms with van der Waals surface area (Å²) in [5.41, 5.74) is 2.86. The Morgan fingerprint density at radius 2 is 1.71 bits per heavy atom. The van der Waals surface area contributed by atoms with Crippen LogP contribution in [0.3, 0.4) is 0 Å². The van der Waals surface area contributed by atoms with Crippen molar-refractivity contribution in [2.24, 2.45) is 0 Å². The van der Waals surface area contributed by atoms with Crippen LogP contribution in [0.2, 0.25) is 5.15 Å². The highest BCUT2D eigenvalue weighted by atomic mass is 35.5. The lowest BCUT2D eigenvalue weighted by molar-refractivity contribution is 0.447. The molecule has 2 aromatic rings. The Morgan fingerprint density at radius 1 is 1.00 bits per heavy atom. The number of hydrogen-bond donors (Lipinski definition) is 0. The van der Waals surface area contributed by atoms with Gasteiger partial charge in [0.05, 0.1) is 0 Å². The van der Waals surface area contributed by atoms with Gasteiger partial charge >= 0.3 is 0 Å². The van der Waals surface area contributed by atoms with Crippen LogP contribution in [0, 0.1) is 20.8 Å². The van der Waals surface area contributed by atoms with Crippen LogP contribution >= 0.6 is 11.6 Å².